The zero-order chi connectivity index (χ0) is 24.2. The number of rotatable bonds is 14. The molecule has 1 aliphatic rings. The molecule has 0 aliphatic heterocycles. The van der Waals surface area contributed by atoms with Gasteiger partial charge in [-0.25, -0.2) is 0 Å². The summed E-state index contributed by atoms with van der Waals surface area (Å²) in [5.74, 6) is 1.97. The van der Waals surface area contributed by atoms with E-state index in [0.717, 1.165) is 61.4 Å². The van der Waals surface area contributed by atoms with Gasteiger partial charge in [-0.05, 0) is 101 Å². The van der Waals surface area contributed by atoms with E-state index in [1.165, 1.54) is 41.5 Å². The Bertz CT molecular complexity index is 783. The fraction of sp³-hybridized carbons (Fsp3) is 0.607. The molecule has 0 spiro atoms. The number of hydrogen-bond donors (Lipinski definition) is 0. The van der Waals surface area contributed by atoms with E-state index in [-0.39, 0.29) is 6.61 Å². The molecular weight excluding hydrogens is 411 g/mol. The molecule has 180 valence electrons. The Morgan fingerprint density at radius 2 is 1.64 bits per heavy atom. The first-order chi connectivity index (χ1) is 15.9. The van der Waals surface area contributed by atoms with E-state index in [1.54, 1.807) is 0 Å². The predicted octanol–water partition coefficient (Wildman–Crippen LogP) is 6.21. The highest BCUT2D eigenvalue weighted by Gasteiger charge is 2.27. The molecule has 0 aromatic heterocycles. The number of ether oxygens (including phenoxy) is 2. The van der Waals surface area contributed by atoms with Gasteiger partial charge in [0.2, 0.25) is 0 Å². The van der Waals surface area contributed by atoms with E-state index in [2.05, 4.69) is 39.5 Å². The SMILES string of the molecule is [B]O/C(=C(/C(=C)C)c1c(C)cc(C)cc1C)C1CCC(CCCOCCCOCC=O)CC1. The van der Waals surface area contributed by atoms with Crippen LogP contribution in [0.1, 0.15) is 74.1 Å². The summed E-state index contributed by atoms with van der Waals surface area (Å²) < 4.78 is 16.4. The van der Waals surface area contributed by atoms with Crippen molar-refractivity contribution in [3.8, 4) is 0 Å². The molecule has 0 heterocycles. The minimum atomic E-state index is 0.173. The average molecular weight is 452 g/mol. The molecular formula is C28H41BO4. The van der Waals surface area contributed by atoms with Crippen molar-refractivity contribution in [2.45, 2.75) is 72.6 Å². The molecule has 5 heteroatoms. The Kier molecular flexibility index (Phi) is 12.0. The van der Waals surface area contributed by atoms with Crippen LogP contribution in [-0.4, -0.2) is 40.8 Å². The van der Waals surface area contributed by atoms with Gasteiger partial charge in [-0.2, -0.15) is 0 Å². The molecule has 4 nitrogen and oxygen atoms in total. The van der Waals surface area contributed by atoms with Gasteiger partial charge in [0.25, 0.3) is 0 Å². The lowest BCUT2D eigenvalue weighted by molar-refractivity contribution is -0.112. The Hall–Kier alpha value is -1.85. The monoisotopic (exact) mass is 452 g/mol. The van der Waals surface area contributed by atoms with Crippen LogP contribution in [0, 0.1) is 32.6 Å². The Morgan fingerprint density at radius 1 is 1.03 bits per heavy atom. The van der Waals surface area contributed by atoms with E-state index in [1.807, 2.05) is 6.92 Å². The zero-order valence-corrected chi connectivity index (χ0v) is 21.1. The van der Waals surface area contributed by atoms with E-state index < -0.39 is 0 Å². The molecule has 0 N–H and O–H groups in total. The van der Waals surface area contributed by atoms with E-state index in [9.17, 15) is 4.79 Å². The first-order valence-electron chi connectivity index (χ1n) is 12.3. The van der Waals surface area contributed by atoms with Gasteiger partial charge in [0.05, 0.1) is 5.76 Å². The first kappa shape index (κ1) is 27.4. The molecule has 0 bridgehead atoms. The second-order valence-corrected chi connectivity index (χ2v) is 9.48. The third-order valence-corrected chi connectivity index (χ3v) is 6.61. The van der Waals surface area contributed by atoms with Crippen LogP contribution in [0.5, 0.6) is 0 Å². The molecule has 1 fully saturated rings. The summed E-state index contributed by atoms with van der Waals surface area (Å²) in [4.78, 5) is 10.2. The smallest absolute Gasteiger partial charge is 0.373 e. The topological polar surface area (TPSA) is 44.8 Å². The second kappa shape index (κ2) is 14.4. The average Bonchev–Trinajstić information content (AvgIpc) is 2.77. The van der Waals surface area contributed by atoms with Crippen LogP contribution in [-0.2, 0) is 18.9 Å². The van der Waals surface area contributed by atoms with E-state index in [4.69, 9.17) is 22.2 Å². The number of aryl methyl sites for hydroxylation is 3. The molecule has 1 aromatic rings. The zero-order valence-electron chi connectivity index (χ0n) is 21.1. The van der Waals surface area contributed by atoms with Gasteiger partial charge in [-0.3, -0.25) is 0 Å². The Labute approximate surface area is 202 Å². The number of allylic oxidation sites excluding steroid dienone is 3. The number of carbonyl (C=O) groups excluding carboxylic acids is 1. The largest absolute Gasteiger partial charge is 0.570 e. The summed E-state index contributed by atoms with van der Waals surface area (Å²) in [6.07, 6.45) is 8.44. The van der Waals surface area contributed by atoms with Gasteiger partial charge in [-0.15, -0.1) is 0 Å². The highest BCUT2D eigenvalue weighted by molar-refractivity contribution is 6.00. The summed E-state index contributed by atoms with van der Waals surface area (Å²) in [5, 5.41) is 0. The first-order valence-corrected chi connectivity index (χ1v) is 12.3. The molecule has 0 unspecified atom stereocenters. The van der Waals surface area contributed by atoms with Crippen molar-refractivity contribution in [2.75, 3.05) is 26.4 Å². The molecule has 1 aliphatic carbocycles. The van der Waals surface area contributed by atoms with Crippen LogP contribution in [0.15, 0.2) is 30.0 Å². The third-order valence-electron chi connectivity index (χ3n) is 6.61. The van der Waals surface area contributed by atoms with Crippen molar-refractivity contribution >= 4 is 19.9 Å². The lowest BCUT2D eigenvalue weighted by Gasteiger charge is -2.32. The molecule has 0 amide bonds. The fourth-order valence-electron chi connectivity index (χ4n) is 5.16. The fourth-order valence-corrected chi connectivity index (χ4v) is 5.16. The summed E-state index contributed by atoms with van der Waals surface area (Å²) >= 11 is 0. The standard InChI is InChI=1S/C28H41BO4/c1-20(2)26(27-22(4)18-21(3)19-23(27)5)28(33-29)25-11-9-24(10-12-25)8-6-14-31-15-7-16-32-17-13-30/h13,18-19,24-25H,1,6-12,14-17H2,2-5H3/b28-26-. The highest BCUT2D eigenvalue weighted by atomic mass is 16.5. The normalized spacial score (nSPS) is 19.2. The summed E-state index contributed by atoms with van der Waals surface area (Å²) in [5.41, 5.74) is 7.04. The van der Waals surface area contributed by atoms with Gasteiger partial charge < -0.3 is 18.9 Å². The predicted molar refractivity (Wildman–Crippen MR) is 136 cm³/mol. The number of hydrogen-bond acceptors (Lipinski definition) is 4. The van der Waals surface area contributed by atoms with E-state index in [0.29, 0.717) is 19.1 Å². The van der Waals surface area contributed by atoms with Crippen molar-refractivity contribution in [2.24, 2.45) is 11.8 Å². The van der Waals surface area contributed by atoms with Crippen LogP contribution in [0.2, 0.25) is 0 Å². The minimum absolute atomic E-state index is 0.173. The number of aldehydes is 1. The van der Waals surface area contributed by atoms with Gasteiger partial charge in [-0.1, -0.05) is 24.3 Å². The molecule has 0 saturated heterocycles. The highest BCUT2D eigenvalue weighted by Crippen LogP contribution is 2.41. The maximum Gasteiger partial charge on any atom is 0.373 e. The van der Waals surface area contributed by atoms with Crippen LogP contribution < -0.4 is 0 Å². The van der Waals surface area contributed by atoms with Crippen molar-refractivity contribution < 1.29 is 18.9 Å². The van der Waals surface area contributed by atoms with Crippen molar-refractivity contribution in [1.29, 1.82) is 0 Å². The summed E-state index contributed by atoms with van der Waals surface area (Å²) in [6.45, 7) is 15.0. The van der Waals surface area contributed by atoms with Gasteiger partial charge in [0.1, 0.15) is 12.9 Å². The molecule has 2 rings (SSSR count). The van der Waals surface area contributed by atoms with Crippen LogP contribution >= 0.6 is 0 Å². The molecule has 2 radical (unpaired) electrons. The Morgan fingerprint density at radius 3 is 2.21 bits per heavy atom. The lowest BCUT2D eigenvalue weighted by Crippen LogP contribution is -2.19. The second-order valence-electron chi connectivity index (χ2n) is 9.48. The van der Waals surface area contributed by atoms with E-state index >= 15 is 0 Å². The van der Waals surface area contributed by atoms with Crippen LogP contribution in [0.4, 0.5) is 0 Å². The minimum Gasteiger partial charge on any atom is -0.570 e. The summed E-state index contributed by atoms with van der Waals surface area (Å²) in [6, 6.07) is 4.44. The number of carbonyl (C=O) groups is 1. The molecule has 1 saturated carbocycles. The van der Waals surface area contributed by atoms with Gasteiger partial charge in [0.15, 0.2) is 0 Å². The molecule has 0 atom stereocenters. The van der Waals surface area contributed by atoms with Crippen LogP contribution in [0.25, 0.3) is 5.57 Å². The Balaban J connectivity index is 1.90. The lowest BCUT2D eigenvalue weighted by atomic mass is 9.76. The third kappa shape index (κ3) is 8.46. The molecule has 1 aromatic carbocycles. The maximum atomic E-state index is 10.2. The van der Waals surface area contributed by atoms with Crippen molar-refractivity contribution in [3.63, 3.8) is 0 Å². The van der Waals surface area contributed by atoms with Crippen molar-refractivity contribution in [1.82, 2.24) is 0 Å². The number of benzene rings is 1. The molecule has 33 heavy (non-hydrogen) atoms. The van der Waals surface area contributed by atoms with Crippen LogP contribution in [0.3, 0.4) is 0 Å². The van der Waals surface area contributed by atoms with Gasteiger partial charge >= 0.3 is 8.05 Å². The van der Waals surface area contributed by atoms with Crippen molar-refractivity contribution in [3.05, 3.63) is 52.3 Å². The maximum absolute atomic E-state index is 10.2. The van der Waals surface area contributed by atoms with Gasteiger partial charge in [0, 0.05) is 31.3 Å². The quantitative estimate of drug-likeness (QED) is 0.111. The summed E-state index contributed by atoms with van der Waals surface area (Å²) in [7, 11) is 5.87.